The lowest BCUT2D eigenvalue weighted by atomic mass is 10.1. The van der Waals surface area contributed by atoms with Crippen LogP contribution >= 0.6 is 0 Å². The van der Waals surface area contributed by atoms with Crippen LogP contribution in [-0.4, -0.2) is 17.0 Å². The molecule has 0 amide bonds. The number of aryl methyl sites for hydroxylation is 2. The Labute approximate surface area is 121 Å². The van der Waals surface area contributed by atoms with Gasteiger partial charge in [0.05, 0.1) is 0 Å². The van der Waals surface area contributed by atoms with Crippen molar-refractivity contribution in [1.29, 1.82) is 0 Å². The molecule has 2 rings (SSSR count). The highest BCUT2D eigenvalue weighted by molar-refractivity contribution is 5.59. The van der Waals surface area contributed by atoms with Gasteiger partial charge < -0.3 is 5.32 Å². The molecule has 20 heavy (non-hydrogen) atoms. The second-order valence-electron chi connectivity index (χ2n) is 5.79. The third kappa shape index (κ3) is 3.56. The first-order valence-corrected chi connectivity index (χ1v) is 7.12. The van der Waals surface area contributed by atoms with Crippen LogP contribution in [0.1, 0.15) is 30.7 Å². The predicted octanol–water partition coefficient (Wildman–Crippen LogP) is 4.00. The molecule has 0 aliphatic carbocycles. The third-order valence-corrected chi connectivity index (χ3v) is 3.13. The van der Waals surface area contributed by atoms with Gasteiger partial charge in [0.25, 0.3) is 0 Å². The van der Waals surface area contributed by atoms with Crippen molar-refractivity contribution in [3.63, 3.8) is 0 Å². The first kappa shape index (κ1) is 14.5. The van der Waals surface area contributed by atoms with Crippen LogP contribution in [0.25, 0.3) is 11.4 Å². The summed E-state index contributed by atoms with van der Waals surface area (Å²) in [5.74, 6) is 2.27. The molecule has 2 aromatic rings. The summed E-state index contributed by atoms with van der Waals surface area (Å²) in [7, 11) is 1.90. The molecule has 0 saturated heterocycles. The molecule has 0 fully saturated rings. The second-order valence-corrected chi connectivity index (χ2v) is 5.79. The van der Waals surface area contributed by atoms with Gasteiger partial charge in [0.2, 0.25) is 0 Å². The van der Waals surface area contributed by atoms with Crippen molar-refractivity contribution in [1.82, 2.24) is 9.97 Å². The number of nitrogens with one attached hydrogen (secondary N) is 1. The van der Waals surface area contributed by atoms with Crippen molar-refractivity contribution >= 4 is 5.82 Å². The lowest BCUT2D eigenvalue weighted by molar-refractivity contribution is 0.635. The lowest BCUT2D eigenvalue weighted by Gasteiger charge is -2.10. The molecule has 3 heteroatoms. The van der Waals surface area contributed by atoms with Gasteiger partial charge in [0, 0.05) is 24.4 Å². The summed E-state index contributed by atoms with van der Waals surface area (Å²) in [4.78, 5) is 9.31. The van der Waals surface area contributed by atoms with Gasteiger partial charge in [-0.15, -0.1) is 0 Å². The summed E-state index contributed by atoms with van der Waals surface area (Å²) in [6.07, 6.45) is 0.967. The van der Waals surface area contributed by atoms with Crippen LogP contribution in [0.5, 0.6) is 0 Å². The minimum atomic E-state index is 0.585. The Morgan fingerprint density at radius 1 is 1.00 bits per heavy atom. The number of rotatable bonds is 4. The number of hydrogen-bond acceptors (Lipinski definition) is 3. The molecular weight excluding hydrogens is 246 g/mol. The molecule has 0 saturated carbocycles. The number of benzene rings is 1. The van der Waals surface area contributed by atoms with Crippen LogP contribution in [0.2, 0.25) is 0 Å². The van der Waals surface area contributed by atoms with E-state index in [2.05, 4.69) is 56.2 Å². The van der Waals surface area contributed by atoms with Crippen molar-refractivity contribution in [2.45, 2.75) is 34.1 Å². The molecule has 0 aliphatic rings. The van der Waals surface area contributed by atoms with E-state index in [0.29, 0.717) is 5.92 Å². The Kier molecular flexibility index (Phi) is 4.38. The van der Waals surface area contributed by atoms with Crippen LogP contribution in [0.3, 0.4) is 0 Å². The largest absolute Gasteiger partial charge is 0.373 e. The Morgan fingerprint density at radius 2 is 1.65 bits per heavy atom. The molecule has 1 heterocycles. The monoisotopic (exact) mass is 269 g/mol. The van der Waals surface area contributed by atoms with Gasteiger partial charge in [-0.1, -0.05) is 31.0 Å². The standard InChI is InChI=1S/C17H23N3/c1-11(2)6-15-10-16(18-5)20-17(19-15)14-8-12(3)7-13(4)9-14/h7-11H,6H2,1-5H3,(H,18,19,20). The highest BCUT2D eigenvalue weighted by Gasteiger charge is 2.08. The average Bonchev–Trinajstić information content (AvgIpc) is 2.36. The van der Waals surface area contributed by atoms with Crippen LogP contribution in [0, 0.1) is 19.8 Å². The minimum Gasteiger partial charge on any atom is -0.373 e. The Balaban J connectivity index is 2.49. The smallest absolute Gasteiger partial charge is 0.161 e. The molecule has 0 spiro atoms. The van der Waals surface area contributed by atoms with Gasteiger partial charge in [-0.05, 0) is 38.3 Å². The second kappa shape index (κ2) is 6.04. The zero-order valence-electron chi connectivity index (χ0n) is 13.0. The molecule has 0 atom stereocenters. The van der Waals surface area contributed by atoms with E-state index >= 15 is 0 Å². The van der Waals surface area contributed by atoms with Crippen LogP contribution < -0.4 is 5.32 Å². The van der Waals surface area contributed by atoms with Crippen molar-refractivity contribution < 1.29 is 0 Å². The molecule has 0 bridgehead atoms. The quantitative estimate of drug-likeness (QED) is 0.911. The van der Waals surface area contributed by atoms with Gasteiger partial charge in [0.15, 0.2) is 5.82 Å². The molecule has 1 aromatic heterocycles. The maximum Gasteiger partial charge on any atom is 0.161 e. The minimum absolute atomic E-state index is 0.585. The zero-order valence-corrected chi connectivity index (χ0v) is 13.0. The van der Waals surface area contributed by atoms with E-state index < -0.39 is 0 Å². The van der Waals surface area contributed by atoms with Crippen molar-refractivity contribution in [3.8, 4) is 11.4 Å². The average molecular weight is 269 g/mol. The van der Waals surface area contributed by atoms with E-state index in [1.807, 2.05) is 13.1 Å². The number of nitrogens with zero attached hydrogens (tertiary/aromatic N) is 2. The van der Waals surface area contributed by atoms with Crippen molar-refractivity contribution in [2.75, 3.05) is 12.4 Å². The molecule has 0 radical (unpaired) electrons. The van der Waals surface area contributed by atoms with E-state index in [-0.39, 0.29) is 0 Å². The topological polar surface area (TPSA) is 37.8 Å². The van der Waals surface area contributed by atoms with Gasteiger partial charge in [-0.3, -0.25) is 0 Å². The van der Waals surface area contributed by atoms with Crippen molar-refractivity contribution in [3.05, 3.63) is 41.1 Å². The maximum atomic E-state index is 4.72. The maximum absolute atomic E-state index is 4.72. The van der Waals surface area contributed by atoms with Crippen LogP contribution in [0.15, 0.2) is 24.3 Å². The molecule has 0 aliphatic heterocycles. The third-order valence-electron chi connectivity index (χ3n) is 3.13. The number of anilines is 1. The Hall–Kier alpha value is -1.90. The van der Waals surface area contributed by atoms with Gasteiger partial charge in [-0.25, -0.2) is 9.97 Å². The zero-order chi connectivity index (χ0) is 14.7. The highest BCUT2D eigenvalue weighted by Crippen LogP contribution is 2.21. The van der Waals surface area contributed by atoms with E-state index in [0.717, 1.165) is 29.3 Å². The number of aromatic nitrogens is 2. The Morgan fingerprint density at radius 3 is 2.20 bits per heavy atom. The summed E-state index contributed by atoms with van der Waals surface area (Å²) >= 11 is 0. The van der Waals surface area contributed by atoms with Gasteiger partial charge in [0.1, 0.15) is 5.82 Å². The lowest BCUT2D eigenvalue weighted by Crippen LogP contribution is -2.04. The SMILES string of the molecule is CNc1cc(CC(C)C)nc(-c2cc(C)cc(C)c2)n1. The summed E-state index contributed by atoms with van der Waals surface area (Å²) in [6.45, 7) is 8.62. The van der Waals surface area contributed by atoms with Crippen LogP contribution in [0.4, 0.5) is 5.82 Å². The van der Waals surface area contributed by atoms with E-state index in [1.165, 1.54) is 11.1 Å². The molecule has 106 valence electrons. The summed E-state index contributed by atoms with van der Waals surface area (Å²) in [6, 6.07) is 8.48. The van der Waals surface area contributed by atoms with Gasteiger partial charge >= 0.3 is 0 Å². The summed E-state index contributed by atoms with van der Waals surface area (Å²) in [5, 5.41) is 3.13. The Bertz CT molecular complexity index is 583. The summed E-state index contributed by atoms with van der Waals surface area (Å²) in [5.41, 5.74) is 4.66. The summed E-state index contributed by atoms with van der Waals surface area (Å²) < 4.78 is 0. The van der Waals surface area contributed by atoms with E-state index in [1.54, 1.807) is 0 Å². The predicted molar refractivity (Wildman–Crippen MR) is 85.0 cm³/mol. The number of hydrogen-bond donors (Lipinski definition) is 1. The highest BCUT2D eigenvalue weighted by atomic mass is 15.0. The molecule has 1 N–H and O–H groups in total. The molecule has 0 unspecified atom stereocenters. The van der Waals surface area contributed by atoms with Gasteiger partial charge in [-0.2, -0.15) is 0 Å². The van der Waals surface area contributed by atoms with E-state index in [9.17, 15) is 0 Å². The fourth-order valence-corrected chi connectivity index (χ4v) is 2.38. The first-order chi connectivity index (χ1) is 9.47. The van der Waals surface area contributed by atoms with E-state index in [4.69, 9.17) is 4.98 Å². The molecule has 1 aromatic carbocycles. The fourth-order valence-electron chi connectivity index (χ4n) is 2.38. The van der Waals surface area contributed by atoms with Crippen molar-refractivity contribution in [2.24, 2.45) is 5.92 Å². The van der Waals surface area contributed by atoms with Crippen LogP contribution in [-0.2, 0) is 6.42 Å². The fraction of sp³-hybridized carbons (Fsp3) is 0.412. The first-order valence-electron chi connectivity index (χ1n) is 7.12. The normalized spacial score (nSPS) is 10.9. The molecule has 3 nitrogen and oxygen atoms in total. The molecular formula is C17H23N3.